The summed E-state index contributed by atoms with van der Waals surface area (Å²) in [4.78, 5) is 12.1. The summed E-state index contributed by atoms with van der Waals surface area (Å²) in [7, 11) is 0. The summed E-state index contributed by atoms with van der Waals surface area (Å²) in [6, 6.07) is 0. The molecule has 0 saturated carbocycles. The smallest absolute Gasteiger partial charge is 0.166 e. The van der Waals surface area contributed by atoms with Gasteiger partial charge in [0.25, 0.3) is 0 Å². The van der Waals surface area contributed by atoms with Gasteiger partial charge >= 0.3 is 0 Å². The van der Waals surface area contributed by atoms with Crippen LogP contribution in [0, 0.1) is 17.8 Å². The van der Waals surface area contributed by atoms with Crippen molar-refractivity contribution in [3.63, 3.8) is 0 Å². The topological polar surface area (TPSA) is 50.4 Å². The second-order valence-corrected chi connectivity index (χ2v) is 6.23. The maximum absolute atomic E-state index is 12.1. The van der Waals surface area contributed by atoms with Crippen molar-refractivity contribution >= 4 is 5.78 Å². The van der Waals surface area contributed by atoms with Crippen molar-refractivity contribution in [1.82, 2.24) is 0 Å². The molecule has 3 heteroatoms. The van der Waals surface area contributed by atoms with Crippen molar-refractivity contribution in [2.75, 3.05) is 0 Å². The Bertz CT molecular complexity index is 486. The Morgan fingerprint density at radius 1 is 1.44 bits per heavy atom. The molecule has 2 aliphatic rings. The predicted octanol–water partition coefficient (Wildman–Crippen LogP) is 3.30. The van der Waals surface area contributed by atoms with E-state index in [-0.39, 0.29) is 11.7 Å². The second-order valence-electron chi connectivity index (χ2n) is 6.23. The number of carbonyl (C=O) groups excluding carboxylic acids is 1. The lowest BCUT2D eigenvalue weighted by molar-refractivity contribution is 0.0591. The van der Waals surface area contributed by atoms with Gasteiger partial charge in [0.2, 0.25) is 0 Å². The van der Waals surface area contributed by atoms with E-state index in [4.69, 9.17) is 4.42 Å². The van der Waals surface area contributed by atoms with Crippen LogP contribution in [0.1, 0.15) is 67.3 Å². The van der Waals surface area contributed by atoms with E-state index in [1.807, 2.05) is 0 Å². The third-order valence-corrected chi connectivity index (χ3v) is 4.76. The number of carbonyl (C=O) groups is 1. The number of rotatable bonds is 1. The van der Waals surface area contributed by atoms with Crippen LogP contribution in [0.5, 0.6) is 0 Å². The molecule has 0 fully saturated rings. The van der Waals surface area contributed by atoms with Crippen LogP contribution in [0.25, 0.3) is 0 Å². The van der Waals surface area contributed by atoms with Crippen molar-refractivity contribution in [2.45, 2.75) is 45.6 Å². The van der Waals surface area contributed by atoms with E-state index in [2.05, 4.69) is 20.8 Å². The molecular weight excluding hydrogens is 228 g/mol. The van der Waals surface area contributed by atoms with Crippen molar-refractivity contribution in [3.8, 4) is 0 Å². The molecule has 0 unspecified atom stereocenters. The molecule has 18 heavy (non-hydrogen) atoms. The molecule has 2 aliphatic carbocycles. The first kappa shape index (κ1) is 12.0. The number of aliphatic hydroxyl groups is 1. The molecule has 0 spiro atoms. The number of hydrogen-bond donors (Lipinski definition) is 1. The monoisotopic (exact) mass is 248 g/mol. The highest BCUT2D eigenvalue weighted by Crippen LogP contribution is 2.52. The Labute approximate surface area is 107 Å². The minimum atomic E-state index is -0.552. The first-order chi connectivity index (χ1) is 8.50. The Morgan fingerprint density at radius 3 is 2.83 bits per heavy atom. The number of Topliss-reactive ketones (excluding diaryl/α,β-unsaturated/α-hetero) is 1. The lowest BCUT2D eigenvalue weighted by Gasteiger charge is -2.39. The molecule has 3 rings (SSSR count). The van der Waals surface area contributed by atoms with E-state index < -0.39 is 6.10 Å². The summed E-state index contributed by atoms with van der Waals surface area (Å²) < 4.78 is 5.50. The van der Waals surface area contributed by atoms with Crippen LogP contribution >= 0.6 is 0 Å². The molecule has 0 radical (unpaired) electrons. The highest BCUT2D eigenvalue weighted by Gasteiger charge is 2.45. The van der Waals surface area contributed by atoms with E-state index in [1.54, 1.807) is 6.26 Å². The van der Waals surface area contributed by atoms with Crippen molar-refractivity contribution in [1.29, 1.82) is 0 Å². The van der Waals surface area contributed by atoms with Crippen LogP contribution in [0.3, 0.4) is 0 Å². The number of hydrogen-bond acceptors (Lipinski definition) is 3. The Kier molecular flexibility index (Phi) is 2.63. The van der Waals surface area contributed by atoms with Gasteiger partial charge in [-0.25, -0.2) is 0 Å². The SMILES string of the molecule is CC(C)[C@@H]1CC(=O)c2coc3c2[C@@H]1C[C@H](C)[C@H]3O. The fraction of sp³-hybridized carbons (Fsp3) is 0.667. The van der Waals surface area contributed by atoms with E-state index in [0.717, 1.165) is 17.5 Å². The van der Waals surface area contributed by atoms with E-state index in [0.29, 0.717) is 29.9 Å². The maximum Gasteiger partial charge on any atom is 0.166 e. The standard InChI is InChI=1S/C15H20O3/c1-7(2)9-5-12(16)11-6-18-15-13(11)10(9)4-8(3)14(15)17/h6-10,14,17H,4-5H2,1-3H3/t8-,9-,10+,14+/m0/s1. The Morgan fingerprint density at radius 2 is 2.17 bits per heavy atom. The van der Waals surface area contributed by atoms with Gasteiger partial charge in [-0.2, -0.15) is 0 Å². The van der Waals surface area contributed by atoms with Gasteiger partial charge in [-0.3, -0.25) is 4.79 Å². The zero-order valence-electron chi connectivity index (χ0n) is 11.1. The zero-order chi connectivity index (χ0) is 13.0. The molecule has 0 aromatic carbocycles. The highest BCUT2D eigenvalue weighted by molar-refractivity contribution is 5.99. The van der Waals surface area contributed by atoms with Crippen molar-refractivity contribution in [2.24, 2.45) is 17.8 Å². The molecule has 4 atom stereocenters. The summed E-state index contributed by atoms with van der Waals surface area (Å²) in [5.74, 6) is 2.28. The zero-order valence-corrected chi connectivity index (χ0v) is 11.1. The van der Waals surface area contributed by atoms with Gasteiger partial charge in [0, 0.05) is 12.0 Å². The van der Waals surface area contributed by atoms with Gasteiger partial charge < -0.3 is 9.52 Å². The average molecular weight is 248 g/mol. The average Bonchev–Trinajstić information content (AvgIpc) is 2.75. The molecule has 0 aliphatic heterocycles. The second kappa shape index (κ2) is 3.95. The van der Waals surface area contributed by atoms with Crippen LogP contribution in [0.2, 0.25) is 0 Å². The molecule has 0 saturated heterocycles. The van der Waals surface area contributed by atoms with E-state index >= 15 is 0 Å². The Hall–Kier alpha value is -1.09. The van der Waals surface area contributed by atoms with Gasteiger partial charge in [0.15, 0.2) is 5.78 Å². The Balaban J connectivity index is 2.14. The molecule has 3 nitrogen and oxygen atoms in total. The first-order valence-corrected chi connectivity index (χ1v) is 6.83. The molecule has 1 aromatic rings. The number of ketones is 1. The van der Waals surface area contributed by atoms with Gasteiger partial charge in [0.1, 0.15) is 18.1 Å². The third-order valence-electron chi connectivity index (χ3n) is 4.76. The molecule has 0 bridgehead atoms. The van der Waals surface area contributed by atoms with Gasteiger partial charge in [-0.05, 0) is 30.1 Å². The summed E-state index contributed by atoms with van der Waals surface area (Å²) in [5.41, 5.74) is 1.73. The summed E-state index contributed by atoms with van der Waals surface area (Å²) in [5, 5.41) is 10.2. The van der Waals surface area contributed by atoms with Crippen LogP contribution in [-0.2, 0) is 0 Å². The van der Waals surface area contributed by atoms with Gasteiger partial charge in [-0.15, -0.1) is 0 Å². The molecule has 0 amide bonds. The van der Waals surface area contributed by atoms with Crippen LogP contribution in [0.15, 0.2) is 10.7 Å². The van der Waals surface area contributed by atoms with Crippen molar-refractivity contribution in [3.05, 3.63) is 23.2 Å². The normalized spacial score (nSPS) is 34.8. The molecular formula is C15H20O3. The lowest BCUT2D eigenvalue weighted by Crippen LogP contribution is -2.33. The van der Waals surface area contributed by atoms with Crippen LogP contribution < -0.4 is 0 Å². The largest absolute Gasteiger partial charge is 0.465 e. The maximum atomic E-state index is 12.1. The summed E-state index contributed by atoms with van der Waals surface area (Å²) in [6.07, 6.45) is 2.58. The molecule has 98 valence electrons. The van der Waals surface area contributed by atoms with E-state index in [1.165, 1.54) is 0 Å². The minimum Gasteiger partial charge on any atom is -0.465 e. The quantitative estimate of drug-likeness (QED) is 0.829. The third kappa shape index (κ3) is 1.50. The minimum absolute atomic E-state index is 0.178. The highest BCUT2D eigenvalue weighted by atomic mass is 16.4. The van der Waals surface area contributed by atoms with Crippen LogP contribution in [0.4, 0.5) is 0 Å². The molecule has 1 aromatic heterocycles. The molecule has 1 N–H and O–H groups in total. The number of aliphatic hydroxyl groups excluding tert-OH is 1. The molecule has 1 heterocycles. The lowest BCUT2D eigenvalue weighted by atomic mass is 9.64. The van der Waals surface area contributed by atoms with Crippen LogP contribution in [-0.4, -0.2) is 10.9 Å². The fourth-order valence-electron chi connectivity index (χ4n) is 3.67. The summed E-state index contributed by atoms with van der Waals surface area (Å²) >= 11 is 0. The number of furan rings is 1. The predicted molar refractivity (Wildman–Crippen MR) is 67.5 cm³/mol. The van der Waals surface area contributed by atoms with E-state index in [9.17, 15) is 9.90 Å². The van der Waals surface area contributed by atoms with Crippen molar-refractivity contribution < 1.29 is 14.3 Å². The summed E-state index contributed by atoms with van der Waals surface area (Å²) in [6.45, 7) is 6.42. The first-order valence-electron chi connectivity index (χ1n) is 6.83. The fourth-order valence-corrected chi connectivity index (χ4v) is 3.67. The van der Waals surface area contributed by atoms with Gasteiger partial charge in [-0.1, -0.05) is 20.8 Å². The van der Waals surface area contributed by atoms with Gasteiger partial charge in [0.05, 0.1) is 5.56 Å².